The molecule has 0 aliphatic carbocycles. The molecule has 5 nitrogen and oxygen atoms in total. The summed E-state index contributed by atoms with van der Waals surface area (Å²) < 4.78 is 25.0. The van der Waals surface area contributed by atoms with Gasteiger partial charge in [0.2, 0.25) is 0 Å². The van der Waals surface area contributed by atoms with Crippen molar-refractivity contribution in [3.05, 3.63) is 87.9 Å². The molecule has 0 saturated carbocycles. The molecule has 0 aromatic heterocycles. The molecule has 2 aliphatic rings. The van der Waals surface area contributed by atoms with Crippen molar-refractivity contribution in [1.29, 1.82) is 5.26 Å². The monoisotopic (exact) mass is 504 g/mol. The third-order valence-corrected chi connectivity index (χ3v) is 7.12. The fourth-order valence-corrected chi connectivity index (χ4v) is 4.97. The second kappa shape index (κ2) is 10.2. The SMILES string of the molecule is CC1=C(c2ccc(Cl)c(C#N)c2)[C@H](c2ccc(OCCN3CC(CF)C3)cc2)Oc2ccc(O)cc21. The number of ether oxygens (including phenoxy) is 2. The summed E-state index contributed by atoms with van der Waals surface area (Å²) in [6.45, 7) is 4.65. The maximum atomic E-state index is 12.6. The Morgan fingerprint density at radius 3 is 2.64 bits per heavy atom. The van der Waals surface area contributed by atoms with Gasteiger partial charge in [0.25, 0.3) is 0 Å². The van der Waals surface area contributed by atoms with Gasteiger partial charge >= 0.3 is 0 Å². The molecule has 3 aromatic rings. The third kappa shape index (κ3) is 4.77. The molecule has 0 spiro atoms. The second-order valence-electron chi connectivity index (χ2n) is 9.22. The van der Waals surface area contributed by atoms with Crippen LogP contribution in [0.25, 0.3) is 11.1 Å². The molecular formula is C29H26ClFN2O3. The average Bonchev–Trinajstić information content (AvgIpc) is 2.86. The van der Waals surface area contributed by atoms with E-state index in [0.717, 1.165) is 53.2 Å². The molecule has 0 unspecified atom stereocenters. The van der Waals surface area contributed by atoms with Gasteiger partial charge in [-0.3, -0.25) is 9.29 Å². The highest BCUT2D eigenvalue weighted by atomic mass is 35.5. The molecule has 1 fully saturated rings. The van der Waals surface area contributed by atoms with Gasteiger partial charge in [0.1, 0.15) is 36.0 Å². The summed E-state index contributed by atoms with van der Waals surface area (Å²) in [6, 6.07) is 20.4. The van der Waals surface area contributed by atoms with E-state index in [1.807, 2.05) is 37.3 Å². The molecule has 0 bridgehead atoms. The van der Waals surface area contributed by atoms with Gasteiger partial charge in [-0.25, -0.2) is 0 Å². The number of alkyl halides is 1. The van der Waals surface area contributed by atoms with E-state index in [1.54, 1.807) is 30.3 Å². The van der Waals surface area contributed by atoms with Crippen molar-refractivity contribution in [3.63, 3.8) is 0 Å². The average molecular weight is 505 g/mol. The predicted octanol–water partition coefficient (Wildman–Crippen LogP) is 6.26. The van der Waals surface area contributed by atoms with Crippen LogP contribution in [-0.2, 0) is 0 Å². The fraction of sp³-hybridized carbons (Fsp3) is 0.276. The van der Waals surface area contributed by atoms with Gasteiger partial charge in [-0.2, -0.15) is 5.26 Å². The van der Waals surface area contributed by atoms with Gasteiger partial charge in [-0.1, -0.05) is 29.8 Å². The minimum Gasteiger partial charge on any atom is -0.508 e. The molecule has 1 saturated heterocycles. The first-order chi connectivity index (χ1) is 17.5. The van der Waals surface area contributed by atoms with Crippen LogP contribution in [0.2, 0.25) is 5.02 Å². The van der Waals surface area contributed by atoms with E-state index in [4.69, 9.17) is 21.1 Å². The van der Waals surface area contributed by atoms with Crippen LogP contribution in [0.3, 0.4) is 0 Å². The zero-order valence-electron chi connectivity index (χ0n) is 19.9. The van der Waals surface area contributed by atoms with Crippen molar-refractivity contribution in [2.45, 2.75) is 13.0 Å². The molecule has 0 amide bonds. The highest BCUT2D eigenvalue weighted by Crippen LogP contribution is 2.47. The van der Waals surface area contributed by atoms with E-state index in [2.05, 4.69) is 11.0 Å². The van der Waals surface area contributed by atoms with Crippen molar-refractivity contribution in [2.75, 3.05) is 32.9 Å². The smallest absolute Gasteiger partial charge is 0.150 e. The summed E-state index contributed by atoms with van der Waals surface area (Å²) in [5.74, 6) is 1.76. The lowest BCUT2D eigenvalue weighted by Crippen LogP contribution is -2.49. The highest BCUT2D eigenvalue weighted by molar-refractivity contribution is 6.31. The van der Waals surface area contributed by atoms with Crippen LogP contribution in [0.15, 0.2) is 60.7 Å². The van der Waals surface area contributed by atoms with Gasteiger partial charge in [0.05, 0.1) is 17.3 Å². The summed E-state index contributed by atoms with van der Waals surface area (Å²) >= 11 is 6.20. The van der Waals surface area contributed by atoms with E-state index in [9.17, 15) is 14.8 Å². The van der Waals surface area contributed by atoms with Crippen molar-refractivity contribution in [2.24, 2.45) is 5.92 Å². The Bertz CT molecular complexity index is 1340. The lowest BCUT2D eigenvalue weighted by molar-refractivity contribution is 0.0668. The van der Waals surface area contributed by atoms with Gasteiger partial charge in [0, 0.05) is 36.7 Å². The van der Waals surface area contributed by atoms with E-state index in [0.29, 0.717) is 22.9 Å². The van der Waals surface area contributed by atoms with Crippen molar-refractivity contribution in [1.82, 2.24) is 4.90 Å². The quantitative estimate of drug-likeness (QED) is 0.411. The van der Waals surface area contributed by atoms with Crippen molar-refractivity contribution in [3.8, 4) is 23.3 Å². The number of fused-ring (bicyclic) bond motifs is 1. The Morgan fingerprint density at radius 2 is 1.92 bits per heavy atom. The summed E-state index contributed by atoms with van der Waals surface area (Å²) in [5, 5.41) is 20.0. The molecule has 1 atom stereocenters. The van der Waals surface area contributed by atoms with Crippen LogP contribution < -0.4 is 9.47 Å². The van der Waals surface area contributed by atoms with Crippen molar-refractivity contribution >= 4 is 22.7 Å². The molecule has 2 aliphatic heterocycles. The number of allylic oxidation sites excluding steroid dienone is 1. The van der Waals surface area contributed by atoms with Crippen LogP contribution >= 0.6 is 11.6 Å². The maximum absolute atomic E-state index is 12.6. The van der Waals surface area contributed by atoms with Crippen LogP contribution in [0.4, 0.5) is 4.39 Å². The molecule has 0 radical (unpaired) electrons. The third-order valence-electron chi connectivity index (χ3n) is 6.79. The molecule has 5 rings (SSSR count). The Morgan fingerprint density at radius 1 is 1.14 bits per heavy atom. The Balaban J connectivity index is 1.42. The number of aromatic hydroxyl groups is 1. The minimum absolute atomic E-state index is 0.156. The zero-order valence-corrected chi connectivity index (χ0v) is 20.6. The molecule has 184 valence electrons. The predicted molar refractivity (Wildman–Crippen MR) is 138 cm³/mol. The molecular weight excluding hydrogens is 479 g/mol. The Labute approximate surface area is 215 Å². The molecule has 1 N–H and O–H groups in total. The fourth-order valence-electron chi connectivity index (χ4n) is 4.81. The molecule has 36 heavy (non-hydrogen) atoms. The number of likely N-dealkylation sites (tertiary alicyclic amines) is 1. The summed E-state index contributed by atoms with van der Waals surface area (Å²) in [6.07, 6.45) is -0.428. The number of halogens is 2. The first kappa shape index (κ1) is 24.2. The molecule has 7 heteroatoms. The van der Waals surface area contributed by atoms with Gasteiger partial charge in [-0.15, -0.1) is 0 Å². The standard InChI is InChI=1S/C29H26ClFN2O3/c1-18-25-13-23(34)5-9-27(25)36-29(28(18)21-4-8-26(30)22(12-21)15-32)20-2-6-24(7-3-20)35-11-10-33-16-19(14-31)17-33/h2-9,12-13,19,29,34H,10-11,14,16-17H2,1H3/t29-/m0/s1. The number of hydrogen-bond acceptors (Lipinski definition) is 5. The number of hydrogen-bond donors (Lipinski definition) is 1. The Kier molecular flexibility index (Phi) is 6.86. The highest BCUT2D eigenvalue weighted by Gasteiger charge is 2.30. The first-order valence-corrected chi connectivity index (χ1v) is 12.3. The van der Waals surface area contributed by atoms with E-state index >= 15 is 0 Å². The number of phenols is 1. The number of benzene rings is 3. The van der Waals surface area contributed by atoms with E-state index in [1.165, 1.54) is 0 Å². The first-order valence-electron chi connectivity index (χ1n) is 11.9. The maximum Gasteiger partial charge on any atom is 0.150 e. The van der Waals surface area contributed by atoms with Crippen LogP contribution in [0.5, 0.6) is 17.2 Å². The van der Waals surface area contributed by atoms with Crippen LogP contribution in [0, 0.1) is 17.2 Å². The second-order valence-corrected chi connectivity index (χ2v) is 9.63. The van der Waals surface area contributed by atoms with Gasteiger partial charge in [0.15, 0.2) is 0 Å². The normalized spacial score (nSPS) is 17.7. The van der Waals surface area contributed by atoms with E-state index in [-0.39, 0.29) is 18.3 Å². The molecule has 2 heterocycles. The molecule has 3 aromatic carbocycles. The topological polar surface area (TPSA) is 65.7 Å². The van der Waals surface area contributed by atoms with Crippen LogP contribution in [-0.4, -0.2) is 42.9 Å². The van der Waals surface area contributed by atoms with Crippen LogP contribution in [0.1, 0.15) is 35.3 Å². The lowest BCUT2D eigenvalue weighted by atomic mass is 9.85. The zero-order chi connectivity index (χ0) is 25.2. The lowest BCUT2D eigenvalue weighted by Gasteiger charge is -2.37. The number of phenolic OH excluding ortho intramolecular Hbond substituents is 1. The largest absolute Gasteiger partial charge is 0.508 e. The number of nitrogens with zero attached hydrogens (tertiary/aromatic N) is 2. The van der Waals surface area contributed by atoms with Crippen molar-refractivity contribution < 1.29 is 19.0 Å². The Hall–Kier alpha value is -3.53. The summed E-state index contributed by atoms with van der Waals surface area (Å²) in [5.41, 5.74) is 4.79. The minimum atomic E-state index is -0.428. The number of nitriles is 1. The van der Waals surface area contributed by atoms with Gasteiger partial charge in [-0.05, 0) is 66.1 Å². The van der Waals surface area contributed by atoms with Gasteiger partial charge < -0.3 is 14.6 Å². The number of rotatable bonds is 7. The summed E-state index contributed by atoms with van der Waals surface area (Å²) in [4.78, 5) is 2.19. The summed E-state index contributed by atoms with van der Waals surface area (Å²) in [7, 11) is 0. The van der Waals surface area contributed by atoms with E-state index < -0.39 is 6.10 Å².